The number of methoxy groups -OCH3 is 1. The molecular formula is C19H27NO4. The van der Waals surface area contributed by atoms with Crippen LogP contribution in [0.4, 0.5) is 0 Å². The van der Waals surface area contributed by atoms with Gasteiger partial charge in [-0.3, -0.25) is 0 Å². The molecule has 1 N–H and O–H groups in total. The molecule has 3 rings (SSSR count). The molecule has 1 aromatic carbocycles. The lowest BCUT2D eigenvalue weighted by molar-refractivity contribution is 0.120. The maximum atomic E-state index is 10.6. The number of benzene rings is 1. The summed E-state index contributed by atoms with van der Waals surface area (Å²) in [5, 5.41) is 10.6. The Hall–Kier alpha value is -1.72. The third kappa shape index (κ3) is 3.37. The SMILES string of the molecule is CCCN(C)CCc1cc2c(cc1C1CC=C(OC)C1O)OCO2. The predicted octanol–water partition coefficient (Wildman–Crippen LogP) is 2.68. The summed E-state index contributed by atoms with van der Waals surface area (Å²) in [6.45, 7) is 4.52. The van der Waals surface area contributed by atoms with Gasteiger partial charge in [-0.25, -0.2) is 0 Å². The molecule has 5 nitrogen and oxygen atoms in total. The van der Waals surface area contributed by atoms with Crippen molar-refractivity contribution in [2.75, 3.05) is 34.0 Å². The number of nitrogens with zero attached hydrogens (tertiary/aromatic N) is 1. The largest absolute Gasteiger partial charge is 0.499 e. The van der Waals surface area contributed by atoms with Gasteiger partial charge in [0.2, 0.25) is 6.79 Å². The van der Waals surface area contributed by atoms with Gasteiger partial charge in [-0.05, 0) is 62.2 Å². The lowest BCUT2D eigenvalue weighted by Crippen LogP contribution is -2.23. The van der Waals surface area contributed by atoms with Crippen molar-refractivity contribution in [3.63, 3.8) is 0 Å². The molecule has 132 valence electrons. The van der Waals surface area contributed by atoms with E-state index in [0.717, 1.165) is 49.4 Å². The van der Waals surface area contributed by atoms with E-state index in [1.807, 2.05) is 12.1 Å². The number of hydrogen-bond acceptors (Lipinski definition) is 5. The van der Waals surface area contributed by atoms with Crippen molar-refractivity contribution in [1.29, 1.82) is 0 Å². The smallest absolute Gasteiger partial charge is 0.231 e. The van der Waals surface area contributed by atoms with E-state index < -0.39 is 6.10 Å². The maximum absolute atomic E-state index is 10.6. The van der Waals surface area contributed by atoms with Crippen molar-refractivity contribution in [3.05, 3.63) is 35.1 Å². The summed E-state index contributed by atoms with van der Waals surface area (Å²) in [5.74, 6) is 2.25. The highest BCUT2D eigenvalue weighted by Crippen LogP contribution is 2.42. The van der Waals surface area contributed by atoms with Gasteiger partial charge in [0.25, 0.3) is 0 Å². The van der Waals surface area contributed by atoms with Crippen LogP contribution >= 0.6 is 0 Å². The molecule has 0 radical (unpaired) electrons. The van der Waals surface area contributed by atoms with Crippen molar-refractivity contribution in [2.24, 2.45) is 0 Å². The van der Waals surface area contributed by atoms with Crippen molar-refractivity contribution in [3.8, 4) is 11.5 Å². The second-order valence-corrected chi connectivity index (χ2v) is 6.56. The van der Waals surface area contributed by atoms with Crippen LogP contribution < -0.4 is 9.47 Å². The summed E-state index contributed by atoms with van der Waals surface area (Å²) < 4.78 is 16.4. The molecule has 0 aromatic heterocycles. The Balaban J connectivity index is 1.84. The Kier molecular flexibility index (Phi) is 5.31. The zero-order valence-electron chi connectivity index (χ0n) is 14.7. The molecule has 1 aromatic rings. The van der Waals surface area contributed by atoms with Crippen molar-refractivity contribution >= 4 is 0 Å². The fraction of sp³-hybridized carbons (Fsp3) is 0.579. The predicted molar refractivity (Wildman–Crippen MR) is 92.5 cm³/mol. The van der Waals surface area contributed by atoms with Crippen LogP contribution in [0.3, 0.4) is 0 Å². The van der Waals surface area contributed by atoms with Gasteiger partial charge >= 0.3 is 0 Å². The van der Waals surface area contributed by atoms with E-state index in [1.54, 1.807) is 7.11 Å². The van der Waals surface area contributed by atoms with Crippen molar-refractivity contribution < 1.29 is 19.3 Å². The topological polar surface area (TPSA) is 51.2 Å². The van der Waals surface area contributed by atoms with Gasteiger partial charge in [-0.15, -0.1) is 0 Å². The Morgan fingerprint density at radius 1 is 1.25 bits per heavy atom. The number of fused-ring (bicyclic) bond motifs is 1. The van der Waals surface area contributed by atoms with Gasteiger partial charge in [0.05, 0.1) is 7.11 Å². The number of aliphatic hydroxyl groups excluding tert-OH is 1. The van der Waals surface area contributed by atoms with E-state index in [1.165, 1.54) is 5.56 Å². The van der Waals surface area contributed by atoms with E-state index in [0.29, 0.717) is 5.76 Å². The van der Waals surface area contributed by atoms with E-state index in [-0.39, 0.29) is 12.7 Å². The van der Waals surface area contributed by atoms with Gasteiger partial charge in [-0.2, -0.15) is 0 Å². The minimum absolute atomic E-state index is 0.0148. The molecule has 2 unspecified atom stereocenters. The lowest BCUT2D eigenvalue weighted by atomic mass is 9.88. The summed E-state index contributed by atoms with van der Waals surface area (Å²) in [4.78, 5) is 2.33. The molecule has 1 aliphatic carbocycles. The first-order chi connectivity index (χ1) is 11.6. The van der Waals surface area contributed by atoms with Crippen LogP contribution in [-0.2, 0) is 11.2 Å². The highest BCUT2D eigenvalue weighted by atomic mass is 16.7. The molecule has 0 saturated carbocycles. The molecule has 1 heterocycles. The van der Waals surface area contributed by atoms with Crippen LogP contribution in [0.15, 0.2) is 24.0 Å². The summed E-state index contributed by atoms with van der Waals surface area (Å²) in [6.07, 6.45) is 4.23. The molecule has 5 heteroatoms. The molecule has 24 heavy (non-hydrogen) atoms. The molecular weight excluding hydrogens is 306 g/mol. The molecule has 0 spiro atoms. The number of likely N-dealkylation sites (N-methyl/N-ethyl adjacent to an activating group) is 1. The fourth-order valence-corrected chi connectivity index (χ4v) is 3.56. The molecule has 0 bridgehead atoms. The summed E-state index contributed by atoms with van der Waals surface area (Å²) in [7, 11) is 3.75. The van der Waals surface area contributed by atoms with Gasteiger partial charge in [0.15, 0.2) is 11.5 Å². The quantitative estimate of drug-likeness (QED) is 0.831. The Labute approximate surface area is 143 Å². The normalized spacial score (nSPS) is 22.1. The third-order valence-corrected chi connectivity index (χ3v) is 4.88. The fourth-order valence-electron chi connectivity index (χ4n) is 3.56. The monoisotopic (exact) mass is 333 g/mol. The molecule has 0 fully saturated rings. The highest BCUT2D eigenvalue weighted by molar-refractivity contribution is 5.51. The van der Waals surface area contributed by atoms with Gasteiger partial charge in [-0.1, -0.05) is 6.92 Å². The molecule has 2 atom stereocenters. The number of aliphatic hydroxyl groups is 1. The lowest BCUT2D eigenvalue weighted by Gasteiger charge is -2.22. The Bertz CT molecular complexity index is 614. The maximum Gasteiger partial charge on any atom is 0.231 e. The molecule has 0 amide bonds. The van der Waals surface area contributed by atoms with Crippen LogP contribution in [0.2, 0.25) is 0 Å². The van der Waals surface area contributed by atoms with Crippen LogP contribution in [0, 0.1) is 0 Å². The van der Waals surface area contributed by atoms with Crippen LogP contribution in [0.25, 0.3) is 0 Å². The van der Waals surface area contributed by atoms with E-state index in [2.05, 4.69) is 24.9 Å². The zero-order chi connectivity index (χ0) is 17.1. The number of hydrogen-bond donors (Lipinski definition) is 1. The Morgan fingerprint density at radius 2 is 2.00 bits per heavy atom. The van der Waals surface area contributed by atoms with Crippen molar-refractivity contribution in [1.82, 2.24) is 4.90 Å². The van der Waals surface area contributed by atoms with Crippen LogP contribution in [-0.4, -0.2) is 50.2 Å². The zero-order valence-corrected chi connectivity index (χ0v) is 14.7. The molecule has 2 aliphatic rings. The average molecular weight is 333 g/mol. The standard InChI is InChI=1S/C19H27NO4/c1-4-8-20(2)9-7-13-10-17-18(24-12-23-17)11-15(13)14-5-6-16(22-3)19(14)21/h6,10-11,14,19,21H,4-5,7-9,12H2,1-3H3. The van der Waals surface area contributed by atoms with Crippen LogP contribution in [0.1, 0.15) is 36.8 Å². The van der Waals surface area contributed by atoms with Crippen molar-refractivity contribution in [2.45, 2.75) is 38.2 Å². The minimum atomic E-state index is -0.595. The molecule has 1 aliphatic heterocycles. The third-order valence-electron chi connectivity index (χ3n) is 4.88. The van der Waals surface area contributed by atoms with E-state index >= 15 is 0 Å². The van der Waals surface area contributed by atoms with E-state index in [9.17, 15) is 5.11 Å². The molecule has 0 saturated heterocycles. The second kappa shape index (κ2) is 7.45. The van der Waals surface area contributed by atoms with Gasteiger partial charge < -0.3 is 24.2 Å². The van der Waals surface area contributed by atoms with Gasteiger partial charge in [0, 0.05) is 12.5 Å². The first-order valence-corrected chi connectivity index (χ1v) is 8.67. The average Bonchev–Trinajstić information content (AvgIpc) is 3.17. The summed E-state index contributed by atoms with van der Waals surface area (Å²) in [5.41, 5.74) is 2.36. The second-order valence-electron chi connectivity index (χ2n) is 6.56. The number of allylic oxidation sites excluding steroid dienone is 1. The first-order valence-electron chi connectivity index (χ1n) is 8.67. The Morgan fingerprint density at radius 3 is 2.67 bits per heavy atom. The number of ether oxygens (including phenoxy) is 3. The number of rotatable bonds is 7. The first kappa shape index (κ1) is 17.1. The van der Waals surface area contributed by atoms with Crippen LogP contribution in [0.5, 0.6) is 11.5 Å². The summed E-state index contributed by atoms with van der Waals surface area (Å²) >= 11 is 0. The van der Waals surface area contributed by atoms with E-state index in [4.69, 9.17) is 14.2 Å². The summed E-state index contributed by atoms with van der Waals surface area (Å²) in [6, 6.07) is 4.12. The minimum Gasteiger partial charge on any atom is -0.499 e. The highest BCUT2D eigenvalue weighted by Gasteiger charge is 2.33. The van der Waals surface area contributed by atoms with Gasteiger partial charge in [0.1, 0.15) is 11.9 Å².